The molecule has 0 radical (unpaired) electrons. The van der Waals surface area contributed by atoms with Crippen LogP contribution in [0.3, 0.4) is 0 Å². The number of carbonyl (C=O) groups is 1. The fourth-order valence-corrected chi connectivity index (χ4v) is 2.31. The second-order valence-electron chi connectivity index (χ2n) is 4.01. The summed E-state index contributed by atoms with van der Waals surface area (Å²) in [6, 6.07) is 7.67. The van der Waals surface area contributed by atoms with Gasteiger partial charge in [-0.15, -0.1) is 0 Å². The highest BCUT2D eigenvalue weighted by Gasteiger charge is 2.64. The molecule has 84 valence electrons. The molecule has 2 aliphatic heterocycles. The van der Waals surface area contributed by atoms with Crippen molar-refractivity contribution in [1.29, 1.82) is 0 Å². The molecule has 1 aromatic rings. The first-order valence-electron chi connectivity index (χ1n) is 5.26. The van der Waals surface area contributed by atoms with Crippen LogP contribution >= 0.6 is 0 Å². The van der Waals surface area contributed by atoms with Gasteiger partial charge in [0.1, 0.15) is 11.4 Å². The first kappa shape index (κ1) is 9.66. The number of benzene rings is 1. The van der Waals surface area contributed by atoms with Crippen LogP contribution in [0.4, 0.5) is 0 Å². The van der Waals surface area contributed by atoms with Crippen molar-refractivity contribution in [2.24, 2.45) is 0 Å². The van der Waals surface area contributed by atoms with E-state index in [4.69, 9.17) is 14.2 Å². The average Bonchev–Trinajstić information content (AvgIpc) is 3.04. The molecule has 3 rings (SSSR count). The minimum Gasteiger partial charge on any atom is -0.493 e. The van der Waals surface area contributed by atoms with Gasteiger partial charge in [0, 0.05) is 12.0 Å². The topological polar surface area (TPSA) is 48.1 Å². The lowest BCUT2D eigenvalue weighted by Crippen LogP contribution is -2.26. The Morgan fingerprint density at radius 2 is 2.31 bits per heavy atom. The summed E-state index contributed by atoms with van der Waals surface area (Å²) in [6.45, 7) is 0.574. The van der Waals surface area contributed by atoms with Crippen molar-refractivity contribution < 1.29 is 19.0 Å². The van der Waals surface area contributed by atoms with E-state index in [1.54, 1.807) is 0 Å². The van der Waals surface area contributed by atoms with E-state index in [2.05, 4.69) is 0 Å². The van der Waals surface area contributed by atoms with Gasteiger partial charge in [-0.05, 0) is 6.07 Å². The molecule has 2 unspecified atom stereocenters. The van der Waals surface area contributed by atoms with Crippen molar-refractivity contribution in [3.8, 4) is 5.75 Å². The van der Waals surface area contributed by atoms with Crippen LogP contribution < -0.4 is 4.74 Å². The Morgan fingerprint density at radius 1 is 1.50 bits per heavy atom. The molecule has 4 heteroatoms. The van der Waals surface area contributed by atoms with Crippen molar-refractivity contribution in [3.63, 3.8) is 0 Å². The Kier molecular flexibility index (Phi) is 1.94. The summed E-state index contributed by atoms with van der Waals surface area (Å²) in [5, 5.41) is 0. The number of esters is 1. The molecule has 0 N–H and O–H groups in total. The number of fused-ring (bicyclic) bond motifs is 2. The van der Waals surface area contributed by atoms with E-state index < -0.39 is 11.7 Å². The largest absolute Gasteiger partial charge is 0.493 e. The maximum Gasteiger partial charge on any atom is 0.338 e. The van der Waals surface area contributed by atoms with Crippen LogP contribution in [0.2, 0.25) is 0 Å². The van der Waals surface area contributed by atoms with Crippen LogP contribution in [0.15, 0.2) is 24.3 Å². The molecule has 2 heterocycles. The zero-order chi connectivity index (χ0) is 11.2. The fourth-order valence-electron chi connectivity index (χ4n) is 2.31. The van der Waals surface area contributed by atoms with Gasteiger partial charge >= 0.3 is 5.97 Å². The van der Waals surface area contributed by atoms with Gasteiger partial charge in [-0.2, -0.15) is 0 Å². The van der Waals surface area contributed by atoms with Gasteiger partial charge in [0.15, 0.2) is 6.10 Å². The number of carbonyl (C=O) groups excluding carboxylic acids is 1. The number of para-hydroxylation sites is 1. The molecular weight excluding hydrogens is 208 g/mol. The van der Waals surface area contributed by atoms with Crippen LogP contribution in [0, 0.1) is 0 Å². The van der Waals surface area contributed by atoms with Crippen LogP contribution in [0.25, 0.3) is 0 Å². The third-order valence-corrected chi connectivity index (χ3v) is 3.18. The highest BCUT2D eigenvalue weighted by Crippen LogP contribution is 2.54. The van der Waals surface area contributed by atoms with Gasteiger partial charge in [-0.3, -0.25) is 0 Å². The molecule has 2 atom stereocenters. The molecule has 0 saturated carbocycles. The smallest absolute Gasteiger partial charge is 0.338 e. The molecule has 1 spiro atoms. The van der Waals surface area contributed by atoms with Gasteiger partial charge < -0.3 is 14.2 Å². The van der Waals surface area contributed by atoms with Crippen molar-refractivity contribution >= 4 is 5.97 Å². The highest BCUT2D eigenvalue weighted by atomic mass is 16.7. The van der Waals surface area contributed by atoms with E-state index >= 15 is 0 Å². The van der Waals surface area contributed by atoms with E-state index in [1.807, 2.05) is 24.3 Å². The lowest BCUT2D eigenvalue weighted by Gasteiger charge is -2.23. The zero-order valence-electron chi connectivity index (χ0n) is 8.93. The summed E-state index contributed by atoms with van der Waals surface area (Å²) >= 11 is 0. The Labute approximate surface area is 93.1 Å². The lowest BCUT2D eigenvalue weighted by molar-refractivity contribution is -0.142. The van der Waals surface area contributed by atoms with Gasteiger partial charge in [0.2, 0.25) is 0 Å². The Morgan fingerprint density at radius 3 is 3.12 bits per heavy atom. The van der Waals surface area contributed by atoms with Crippen molar-refractivity contribution in [2.45, 2.75) is 18.1 Å². The van der Waals surface area contributed by atoms with Crippen molar-refractivity contribution in [3.05, 3.63) is 29.8 Å². The van der Waals surface area contributed by atoms with Gasteiger partial charge in [0.05, 0.1) is 13.7 Å². The number of rotatable bonds is 1. The summed E-state index contributed by atoms with van der Waals surface area (Å²) in [5.74, 6) is 0.497. The van der Waals surface area contributed by atoms with E-state index in [9.17, 15) is 4.79 Å². The maximum absolute atomic E-state index is 11.5. The second kappa shape index (κ2) is 3.22. The van der Waals surface area contributed by atoms with Crippen LogP contribution in [-0.4, -0.2) is 25.8 Å². The Hall–Kier alpha value is -1.55. The molecule has 1 saturated heterocycles. The zero-order valence-corrected chi connectivity index (χ0v) is 8.93. The Bertz CT molecular complexity index is 442. The molecule has 1 fully saturated rings. The first-order valence-corrected chi connectivity index (χ1v) is 5.26. The molecule has 4 nitrogen and oxygen atoms in total. The molecule has 0 aliphatic carbocycles. The molecule has 1 aromatic carbocycles. The predicted octanol–water partition coefficient (Wildman–Crippen LogP) is 1.24. The van der Waals surface area contributed by atoms with Gasteiger partial charge in [-0.25, -0.2) is 4.79 Å². The standard InChI is InChI=1S/C12H12O4/c1-14-11(13)10-12(16-10)6-7-15-9-5-3-2-4-8(9)12/h2-5,10H,6-7H2,1H3. The van der Waals surface area contributed by atoms with Crippen molar-refractivity contribution in [1.82, 2.24) is 0 Å². The summed E-state index contributed by atoms with van der Waals surface area (Å²) in [4.78, 5) is 11.5. The van der Waals surface area contributed by atoms with E-state index in [0.29, 0.717) is 13.0 Å². The molecule has 0 bridgehead atoms. The van der Waals surface area contributed by atoms with E-state index in [-0.39, 0.29) is 5.97 Å². The molecular formula is C12H12O4. The molecule has 2 aliphatic rings. The van der Waals surface area contributed by atoms with E-state index in [1.165, 1.54) is 7.11 Å². The van der Waals surface area contributed by atoms with E-state index in [0.717, 1.165) is 11.3 Å². The third-order valence-electron chi connectivity index (χ3n) is 3.18. The molecule has 0 aromatic heterocycles. The lowest BCUT2D eigenvalue weighted by atomic mass is 9.90. The third kappa shape index (κ3) is 1.16. The van der Waals surface area contributed by atoms with Gasteiger partial charge in [-0.1, -0.05) is 18.2 Å². The van der Waals surface area contributed by atoms with Crippen LogP contribution in [0.5, 0.6) is 5.75 Å². The maximum atomic E-state index is 11.5. The minimum absolute atomic E-state index is 0.309. The monoisotopic (exact) mass is 220 g/mol. The number of hydrogen-bond acceptors (Lipinski definition) is 4. The van der Waals surface area contributed by atoms with Gasteiger partial charge in [0.25, 0.3) is 0 Å². The quantitative estimate of drug-likeness (QED) is 0.527. The fraction of sp³-hybridized carbons (Fsp3) is 0.417. The molecule has 0 amide bonds. The summed E-state index contributed by atoms with van der Waals surface area (Å²) in [7, 11) is 1.38. The number of methoxy groups -OCH3 is 1. The average molecular weight is 220 g/mol. The normalized spacial score (nSPS) is 30.4. The second-order valence-corrected chi connectivity index (χ2v) is 4.01. The number of epoxide rings is 1. The number of hydrogen-bond donors (Lipinski definition) is 0. The summed E-state index contributed by atoms with van der Waals surface area (Å²) in [6.07, 6.45) is 0.228. The van der Waals surface area contributed by atoms with Crippen LogP contribution in [-0.2, 0) is 19.9 Å². The summed E-state index contributed by atoms with van der Waals surface area (Å²) in [5.41, 5.74) is 0.457. The number of ether oxygens (including phenoxy) is 3. The Balaban J connectivity index is 1.98. The predicted molar refractivity (Wildman–Crippen MR) is 55.1 cm³/mol. The minimum atomic E-state index is -0.498. The highest BCUT2D eigenvalue weighted by molar-refractivity contribution is 5.80. The molecule has 16 heavy (non-hydrogen) atoms. The summed E-state index contributed by atoms with van der Waals surface area (Å²) < 4.78 is 15.8. The van der Waals surface area contributed by atoms with Crippen LogP contribution in [0.1, 0.15) is 12.0 Å². The first-order chi connectivity index (χ1) is 7.78. The SMILES string of the molecule is COC(=O)C1OC12CCOc1ccccc12. The van der Waals surface area contributed by atoms with Crippen molar-refractivity contribution in [2.75, 3.05) is 13.7 Å².